The molecule has 1 aromatic rings. The molecule has 1 aliphatic rings. The number of benzene rings is 1. The van der Waals surface area contributed by atoms with Crippen molar-refractivity contribution in [2.24, 2.45) is 0 Å². The molecule has 2 unspecified atom stereocenters. The third-order valence-corrected chi connectivity index (χ3v) is 10.1. The van der Waals surface area contributed by atoms with E-state index in [0.29, 0.717) is 17.8 Å². The zero-order valence-corrected chi connectivity index (χ0v) is 14.8. The van der Waals surface area contributed by atoms with Crippen LogP contribution < -0.4 is 0 Å². The smallest absolute Gasteiger partial charge is 0.287 e. The number of rotatable bonds is 5. The van der Waals surface area contributed by atoms with Gasteiger partial charge in [-0.1, -0.05) is 77.2 Å². The van der Waals surface area contributed by atoms with E-state index in [9.17, 15) is 0 Å². The summed E-state index contributed by atoms with van der Waals surface area (Å²) in [6.45, 7) is 12.3. The highest BCUT2D eigenvalue weighted by atomic mass is 28.4. The van der Waals surface area contributed by atoms with Gasteiger partial charge in [-0.05, 0) is 23.5 Å². The van der Waals surface area contributed by atoms with Crippen LogP contribution >= 0.6 is 0 Å². The molecule has 1 aromatic carbocycles. The summed E-state index contributed by atoms with van der Waals surface area (Å²) in [5.41, 5.74) is 2.16. The lowest BCUT2D eigenvalue weighted by molar-refractivity contribution is 0.477. The SMILES string of the molecule is CCB1O[Si](C)(CC)C(c2ccccc2)C1(CC)CC. The fourth-order valence-corrected chi connectivity index (χ4v) is 9.00. The summed E-state index contributed by atoms with van der Waals surface area (Å²) in [5, 5.41) is 0.340. The van der Waals surface area contributed by atoms with Gasteiger partial charge < -0.3 is 4.34 Å². The molecule has 0 spiro atoms. The van der Waals surface area contributed by atoms with E-state index in [1.165, 1.54) is 24.4 Å². The van der Waals surface area contributed by atoms with Crippen LogP contribution in [0.15, 0.2) is 30.3 Å². The van der Waals surface area contributed by atoms with E-state index in [4.69, 9.17) is 4.34 Å². The second-order valence-corrected chi connectivity index (χ2v) is 10.6. The average Bonchev–Trinajstić information content (AvgIpc) is 2.77. The first kappa shape index (κ1) is 15.8. The van der Waals surface area contributed by atoms with E-state index in [0.717, 1.165) is 6.32 Å². The molecule has 1 aliphatic heterocycles. The minimum Gasteiger partial charge on any atom is -0.476 e. The Kier molecular flexibility index (Phi) is 4.81. The fourth-order valence-electron chi connectivity index (χ4n) is 4.53. The Hall–Kier alpha value is -0.538. The lowest BCUT2D eigenvalue weighted by Gasteiger charge is -2.39. The van der Waals surface area contributed by atoms with Gasteiger partial charge in [-0.15, -0.1) is 0 Å². The zero-order chi connectivity index (χ0) is 14.8. The Morgan fingerprint density at radius 1 is 1.10 bits per heavy atom. The molecule has 1 heterocycles. The monoisotopic (exact) mass is 288 g/mol. The first-order valence-corrected chi connectivity index (χ1v) is 11.0. The Bertz CT molecular complexity index is 432. The number of hydrogen-bond acceptors (Lipinski definition) is 1. The summed E-state index contributed by atoms with van der Waals surface area (Å²) >= 11 is 0. The molecule has 0 bridgehead atoms. The second kappa shape index (κ2) is 6.07. The highest BCUT2D eigenvalue weighted by Crippen LogP contribution is 2.62. The third-order valence-electron chi connectivity index (χ3n) is 5.76. The first-order valence-electron chi connectivity index (χ1n) is 8.30. The van der Waals surface area contributed by atoms with Gasteiger partial charge in [-0.2, -0.15) is 0 Å². The quantitative estimate of drug-likeness (QED) is 0.649. The maximum absolute atomic E-state index is 6.75. The van der Waals surface area contributed by atoms with E-state index in [-0.39, 0.29) is 0 Å². The van der Waals surface area contributed by atoms with E-state index in [2.05, 4.69) is 64.6 Å². The molecule has 2 rings (SSSR count). The molecule has 0 aromatic heterocycles. The fraction of sp³-hybridized carbons (Fsp3) is 0.647. The molecule has 1 nitrogen and oxygen atoms in total. The van der Waals surface area contributed by atoms with Crippen molar-refractivity contribution in [2.75, 3.05) is 0 Å². The van der Waals surface area contributed by atoms with Crippen molar-refractivity contribution in [2.45, 2.75) is 70.3 Å². The largest absolute Gasteiger partial charge is 0.476 e. The highest BCUT2D eigenvalue weighted by Gasteiger charge is 2.61. The van der Waals surface area contributed by atoms with E-state index >= 15 is 0 Å². The predicted octanol–water partition coefficient (Wildman–Crippen LogP) is 5.51. The summed E-state index contributed by atoms with van der Waals surface area (Å²) in [5.74, 6) is 0. The van der Waals surface area contributed by atoms with Gasteiger partial charge in [-0.25, -0.2) is 0 Å². The Balaban J connectivity index is 2.56. The summed E-state index contributed by atoms with van der Waals surface area (Å²) in [7, 11) is -1.69. The summed E-state index contributed by atoms with van der Waals surface area (Å²) in [4.78, 5) is 0. The predicted molar refractivity (Wildman–Crippen MR) is 91.9 cm³/mol. The van der Waals surface area contributed by atoms with Crippen molar-refractivity contribution in [1.29, 1.82) is 0 Å². The molecule has 0 radical (unpaired) electrons. The molecule has 2 atom stereocenters. The molecule has 110 valence electrons. The van der Waals surface area contributed by atoms with Crippen molar-refractivity contribution < 1.29 is 4.34 Å². The van der Waals surface area contributed by atoms with Crippen molar-refractivity contribution in [3.8, 4) is 0 Å². The molecular formula is C17H29BOSi. The topological polar surface area (TPSA) is 9.23 Å². The third kappa shape index (κ3) is 2.29. The highest BCUT2D eigenvalue weighted by molar-refractivity contribution is 6.86. The lowest BCUT2D eigenvalue weighted by atomic mass is 9.40. The van der Waals surface area contributed by atoms with Gasteiger partial charge in [0, 0.05) is 5.54 Å². The molecule has 3 heteroatoms. The van der Waals surface area contributed by atoms with Gasteiger partial charge in [0.15, 0.2) is 8.32 Å². The normalized spacial score (nSPS) is 28.9. The van der Waals surface area contributed by atoms with Crippen molar-refractivity contribution >= 4 is 15.2 Å². The molecule has 0 aliphatic carbocycles. The maximum atomic E-state index is 6.75. The van der Waals surface area contributed by atoms with Crippen molar-refractivity contribution in [3.63, 3.8) is 0 Å². The van der Waals surface area contributed by atoms with Gasteiger partial charge in [0.05, 0.1) is 0 Å². The molecule has 0 N–H and O–H groups in total. The van der Waals surface area contributed by atoms with Crippen LogP contribution in [-0.2, 0) is 4.34 Å². The van der Waals surface area contributed by atoms with Gasteiger partial charge in [0.1, 0.15) is 0 Å². The summed E-state index contributed by atoms with van der Waals surface area (Å²) in [6.07, 6.45) is 3.60. The van der Waals surface area contributed by atoms with Crippen molar-refractivity contribution in [1.82, 2.24) is 0 Å². The maximum Gasteiger partial charge on any atom is 0.287 e. The van der Waals surface area contributed by atoms with Crippen LogP contribution in [0.1, 0.15) is 51.6 Å². The van der Waals surface area contributed by atoms with Gasteiger partial charge in [0.25, 0.3) is 6.92 Å². The van der Waals surface area contributed by atoms with E-state index in [1.54, 1.807) is 0 Å². The van der Waals surface area contributed by atoms with Gasteiger partial charge in [0.2, 0.25) is 0 Å². The average molecular weight is 288 g/mol. The Morgan fingerprint density at radius 2 is 1.70 bits per heavy atom. The zero-order valence-electron chi connectivity index (χ0n) is 13.8. The van der Waals surface area contributed by atoms with Crippen LogP contribution in [0.5, 0.6) is 0 Å². The van der Waals surface area contributed by atoms with Crippen LogP contribution in [0.3, 0.4) is 0 Å². The minimum atomic E-state index is -1.69. The van der Waals surface area contributed by atoms with E-state index in [1.807, 2.05) is 0 Å². The first-order chi connectivity index (χ1) is 9.57. The standard InChI is InChI=1S/C17H29BOSi/c1-6-17(7-2)16(15-13-11-10-12-14-15)20(5,9-4)19-18(17)8-3/h10-14,16H,6-9H2,1-5H3. The van der Waals surface area contributed by atoms with Crippen LogP contribution in [0.2, 0.25) is 24.2 Å². The van der Waals surface area contributed by atoms with Gasteiger partial charge in [-0.3, -0.25) is 0 Å². The second-order valence-electron chi connectivity index (χ2n) is 6.46. The minimum absolute atomic E-state index is 0.340. The number of hydrogen-bond donors (Lipinski definition) is 0. The summed E-state index contributed by atoms with van der Waals surface area (Å²) in [6, 6.07) is 12.4. The Morgan fingerprint density at radius 3 is 2.15 bits per heavy atom. The molecule has 1 fully saturated rings. The molecule has 0 amide bonds. The van der Waals surface area contributed by atoms with Crippen LogP contribution in [-0.4, -0.2) is 15.2 Å². The summed E-state index contributed by atoms with van der Waals surface area (Å²) < 4.78 is 6.75. The molecular weight excluding hydrogens is 259 g/mol. The van der Waals surface area contributed by atoms with Crippen LogP contribution in [0, 0.1) is 0 Å². The van der Waals surface area contributed by atoms with Gasteiger partial charge >= 0.3 is 0 Å². The lowest BCUT2D eigenvalue weighted by Crippen LogP contribution is -2.38. The van der Waals surface area contributed by atoms with E-state index < -0.39 is 8.32 Å². The van der Waals surface area contributed by atoms with Crippen LogP contribution in [0.4, 0.5) is 0 Å². The Labute approximate surface area is 126 Å². The molecule has 0 saturated carbocycles. The molecule has 20 heavy (non-hydrogen) atoms. The van der Waals surface area contributed by atoms with Crippen molar-refractivity contribution in [3.05, 3.63) is 35.9 Å². The van der Waals surface area contributed by atoms with Crippen LogP contribution in [0.25, 0.3) is 0 Å². The molecule has 1 saturated heterocycles.